The van der Waals surface area contributed by atoms with Gasteiger partial charge in [0.2, 0.25) is 9.05 Å². The summed E-state index contributed by atoms with van der Waals surface area (Å²) in [6.07, 6.45) is 3.82. The maximum absolute atomic E-state index is 10.9. The van der Waals surface area contributed by atoms with E-state index in [0.717, 1.165) is 5.56 Å². The summed E-state index contributed by atoms with van der Waals surface area (Å²) in [5.41, 5.74) is 2.07. The molecule has 0 aromatic heterocycles. The Morgan fingerprint density at radius 2 is 1.80 bits per heavy atom. The molecule has 2 rings (SSSR count). The highest BCUT2D eigenvalue weighted by Crippen LogP contribution is 2.36. The predicted octanol–water partition coefficient (Wildman–Crippen LogP) is 3.02. The molecule has 0 bridgehead atoms. The Morgan fingerprint density at radius 1 is 1.20 bits per heavy atom. The minimum atomic E-state index is -3.43. The van der Waals surface area contributed by atoms with E-state index in [9.17, 15) is 8.42 Å². The molecule has 1 aliphatic carbocycles. The molecule has 4 heteroatoms. The molecular formula is C11H13ClO2S. The van der Waals surface area contributed by atoms with Crippen LogP contribution in [0.2, 0.25) is 0 Å². The predicted molar refractivity (Wildman–Crippen MR) is 61.5 cm³/mol. The summed E-state index contributed by atoms with van der Waals surface area (Å²) < 4.78 is 21.7. The highest BCUT2D eigenvalue weighted by molar-refractivity contribution is 8.13. The average Bonchev–Trinajstić information content (AvgIpc) is 2.02. The molecule has 0 N–H and O–H groups in total. The first kappa shape index (κ1) is 11.0. The maximum Gasteiger partial charge on any atom is 0.236 e. The van der Waals surface area contributed by atoms with Gasteiger partial charge in [0, 0.05) is 10.7 Å². The second kappa shape index (κ2) is 4.14. The summed E-state index contributed by atoms with van der Waals surface area (Å²) in [7, 11) is 1.75. The molecule has 1 fully saturated rings. The molecular weight excluding hydrogens is 232 g/mol. The van der Waals surface area contributed by atoms with Gasteiger partial charge in [-0.15, -0.1) is 0 Å². The van der Waals surface area contributed by atoms with E-state index < -0.39 is 9.05 Å². The molecule has 1 saturated carbocycles. The van der Waals surface area contributed by atoms with E-state index in [0.29, 0.717) is 5.92 Å². The summed E-state index contributed by atoms with van der Waals surface area (Å²) in [6, 6.07) is 7.74. The van der Waals surface area contributed by atoms with Crippen molar-refractivity contribution in [2.45, 2.75) is 30.9 Å². The molecule has 0 radical (unpaired) electrons. The van der Waals surface area contributed by atoms with Gasteiger partial charge in [-0.25, -0.2) is 8.42 Å². The number of hydrogen-bond acceptors (Lipinski definition) is 2. The molecule has 82 valence electrons. The van der Waals surface area contributed by atoms with Crippen LogP contribution in [0, 0.1) is 0 Å². The average molecular weight is 245 g/mol. The van der Waals surface area contributed by atoms with Crippen LogP contribution in [0.5, 0.6) is 0 Å². The van der Waals surface area contributed by atoms with E-state index in [-0.39, 0.29) is 5.75 Å². The molecule has 1 aromatic rings. The van der Waals surface area contributed by atoms with Gasteiger partial charge in [-0.1, -0.05) is 30.7 Å². The highest BCUT2D eigenvalue weighted by atomic mass is 35.7. The van der Waals surface area contributed by atoms with Crippen LogP contribution in [0.25, 0.3) is 0 Å². The summed E-state index contributed by atoms with van der Waals surface area (Å²) >= 11 is 0. The first-order chi connectivity index (χ1) is 7.04. The molecule has 1 aliphatic rings. The van der Waals surface area contributed by atoms with E-state index in [4.69, 9.17) is 10.7 Å². The zero-order chi connectivity index (χ0) is 10.9. The Morgan fingerprint density at radius 3 is 2.20 bits per heavy atom. The second-order valence-electron chi connectivity index (χ2n) is 4.05. The molecule has 1 aromatic carbocycles. The number of benzene rings is 1. The molecule has 0 saturated heterocycles. The van der Waals surface area contributed by atoms with Gasteiger partial charge in [-0.3, -0.25) is 0 Å². The Bertz CT molecular complexity index is 432. The maximum atomic E-state index is 10.9. The lowest BCUT2D eigenvalue weighted by atomic mass is 9.80. The lowest BCUT2D eigenvalue weighted by molar-refractivity contribution is 0.420. The zero-order valence-corrected chi connectivity index (χ0v) is 9.89. The largest absolute Gasteiger partial charge is 0.236 e. The first-order valence-corrected chi connectivity index (χ1v) is 7.53. The van der Waals surface area contributed by atoms with Gasteiger partial charge in [-0.05, 0) is 29.9 Å². The molecule has 0 spiro atoms. The van der Waals surface area contributed by atoms with Gasteiger partial charge >= 0.3 is 0 Å². The second-order valence-corrected chi connectivity index (χ2v) is 6.83. The van der Waals surface area contributed by atoms with E-state index >= 15 is 0 Å². The molecule has 0 unspecified atom stereocenters. The van der Waals surface area contributed by atoms with Crippen molar-refractivity contribution >= 4 is 19.7 Å². The number of hydrogen-bond donors (Lipinski definition) is 0. The van der Waals surface area contributed by atoms with Gasteiger partial charge in [0.1, 0.15) is 0 Å². The van der Waals surface area contributed by atoms with Gasteiger partial charge < -0.3 is 0 Å². The topological polar surface area (TPSA) is 34.1 Å². The summed E-state index contributed by atoms with van der Waals surface area (Å²) in [5.74, 6) is 0.603. The van der Waals surface area contributed by atoms with Crippen molar-refractivity contribution in [2.75, 3.05) is 0 Å². The molecule has 0 heterocycles. The molecule has 0 aliphatic heterocycles. The smallest absolute Gasteiger partial charge is 0.212 e. The van der Waals surface area contributed by atoms with Crippen molar-refractivity contribution < 1.29 is 8.42 Å². The van der Waals surface area contributed by atoms with E-state index in [2.05, 4.69) is 0 Å². The quantitative estimate of drug-likeness (QED) is 0.766. The first-order valence-electron chi connectivity index (χ1n) is 5.06. The minimum absolute atomic E-state index is 0.0838. The van der Waals surface area contributed by atoms with Crippen molar-refractivity contribution in [1.82, 2.24) is 0 Å². The fourth-order valence-corrected chi connectivity index (χ4v) is 2.80. The lowest BCUT2D eigenvalue weighted by Gasteiger charge is -2.25. The normalized spacial score (nSPS) is 17.4. The van der Waals surface area contributed by atoms with Gasteiger partial charge in [0.25, 0.3) is 0 Å². The van der Waals surface area contributed by atoms with Crippen LogP contribution >= 0.6 is 10.7 Å². The SMILES string of the molecule is O=S(=O)(Cl)Cc1ccc(C2CCC2)cc1. The molecule has 0 atom stereocenters. The number of halogens is 1. The third-order valence-electron chi connectivity index (χ3n) is 2.90. The van der Waals surface area contributed by atoms with Crippen LogP contribution in [0.4, 0.5) is 0 Å². The van der Waals surface area contributed by atoms with E-state index in [1.807, 2.05) is 24.3 Å². The Labute approximate surface area is 94.7 Å². The van der Waals surface area contributed by atoms with Crippen molar-refractivity contribution in [3.63, 3.8) is 0 Å². The van der Waals surface area contributed by atoms with E-state index in [1.165, 1.54) is 24.8 Å². The number of rotatable bonds is 3. The van der Waals surface area contributed by atoms with Crippen LogP contribution in [0.1, 0.15) is 36.3 Å². The van der Waals surface area contributed by atoms with Crippen molar-refractivity contribution in [3.05, 3.63) is 35.4 Å². The van der Waals surface area contributed by atoms with Crippen LogP contribution < -0.4 is 0 Å². The molecule has 2 nitrogen and oxygen atoms in total. The minimum Gasteiger partial charge on any atom is -0.212 e. The fraction of sp³-hybridized carbons (Fsp3) is 0.455. The van der Waals surface area contributed by atoms with Gasteiger partial charge in [-0.2, -0.15) is 0 Å². The summed E-state index contributed by atoms with van der Waals surface area (Å²) in [6.45, 7) is 0. The fourth-order valence-electron chi connectivity index (χ4n) is 1.83. The van der Waals surface area contributed by atoms with Crippen LogP contribution in [-0.2, 0) is 14.8 Å². The van der Waals surface area contributed by atoms with Crippen molar-refractivity contribution in [3.8, 4) is 0 Å². The summed E-state index contributed by atoms with van der Waals surface area (Å²) in [4.78, 5) is 0. The highest BCUT2D eigenvalue weighted by Gasteiger charge is 2.19. The lowest BCUT2D eigenvalue weighted by Crippen LogP contribution is -2.08. The van der Waals surface area contributed by atoms with E-state index in [1.54, 1.807) is 0 Å². The van der Waals surface area contributed by atoms with Crippen LogP contribution in [-0.4, -0.2) is 8.42 Å². The van der Waals surface area contributed by atoms with Crippen molar-refractivity contribution in [2.24, 2.45) is 0 Å². The summed E-state index contributed by atoms with van der Waals surface area (Å²) in [5, 5.41) is 0. The zero-order valence-electron chi connectivity index (χ0n) is 8.32. The third-order valence-corrected chi connectivity index (χ3v) is 3.90. The molecule has 15 heavy (non-hydrogen) atoms. The van der Waals surface area contributed by atoms with Gasteiger partial charge in [0.05, 0.1) is 5.75 Å². The standard InChI is InChI=1S/C11H13ClO2S/c12-15(13,14)8-9-4-6-11(7-5-9)10-2-1-3-10/h4-7,10H,1-3,8H2. The Balaban J connectivity index is 2.10. The molecule has 0 amide bonds. The third kappa shape index (κ3) is 2.95. The van der Waals surface area contributed by atoms with Crippen LogP contribution in [0.3, 0.4) is 0 Å². The Kier molecular flexibility index (Phi) is 3.03. The van der Waals surface area contributed by atoms with Crippen molar-refractivity contribution in [1.29, 1.82) is 0 Å². The Hall–Kier alpha value is -0.540. The monoisotopic (exact) mass is 244 g/mol. The van der Waals surface area contributed by atoms with Gasteiger partial charge in [0.15, 0.2) is 0 Å². The van der Waals surface area contributed by atoms with Crippen LogP contribution in [0.15, 0.2) is 24.3 Å².